The monoisotopic (exact) mass is 427 g/mol. The minimum absolute atomic E-state index is 0.0992. The second kappa shape index (κ2) is 9.55. The van der Waals surface area contributed by atoms with Crippen molar-refractivity contribution in [2.75, 3.05) is 10.6 Å². The molecular formula is C21H26FN7O2. The Labute approximate surface area is 180 Å². The highest BCUT2D eigenvalue weighted by Crippen LogP contribution is 2.24. The van der Waals surface area contributed by atoms with Gasteiger partial charge in [0.15, 0.2) is 5.82 Å². The highest BCUT2D eigenvalue weighted by Gasteiger charge is 2.29. The number of anilines is 3. The average molecular weight is 427 g/mol. The molecule has 0 unspecified atom stereocenters. The van der Waals surface area contributed by atoms with E-state index in [1.165, 1.54) is 18.5 Å². The molecule has 10 heteroatoms. The number of carbonyl (C=O) groups is 1. The molecule has 0 aliphatic heterocycles. The van der Waals surface area contributed by atoms with Crippen molar-refractivity contribution >= 4 is 23.5 Å². The fourth-order valence-corrected chi connectivity index (χ4v) is 3.35. The summed E-state index contributed by atoms with van der Waals surface area (Å²) in [5, 5.41) is 18.4. The summed E-state index contributed by atoms with van der Waals surface area (Å²) in [6.45, 7) is 5.45. The Morgan fingerprint density at radius 1 is 1.23 bits per heavy atom. The summed E-state index contributed by atoms with van der Waals surface area (Å²) in [4.78, 5) is 24.6. The van der Waals surface area contributed by atoms with E-state index >= 15 is 0 Å². The van der Waals surface area contributed by atoms with Gasteiger partial charge in [-0.05, 0) is 33.6 Å². The molecule has 1 aliphatic carbocycles. The molecule has 0 bridgehead atoms. The fraction of sp³-hybridized carbons (Fsp3) is 0.476. The number of nitrogens with zero attached hydrogens (tertiary/aromatic N) is 4. The smallest absolute Gasteiger partial charge is 0.407 e. The number of pyridine rings is 1. The number of hydrogen-bond donors (Lipinski definition) is 3. The Kier molecular flexibility index (Phi) is 6.84. The normalized spacial score (nSPS) is 18.5. The van der Waals surface area contributed by atoms with Gasteiger partial charge < -0.3 is 20.7 Å². The lowest BCUT2D eigenvalue weighted by Crippen LogP contribution is -2.50. The first-order valence-electron chi connectivity index (χ1n) is 10.1. The number of alkyl carbamates (subject to hydrolysis) is 1. The van der Waals surface area contributed by atoms with Crippen LogP contribution in [0.4, 0.5) is 26.6 Å². The topological polar surface area (TPSA) is 125 Å². The number of halogens is 1. The Morgan fingerprint density at radius 2 is 1.97 bits per heavy atom. The molecule has 0 saturated heterocycles. The fourth-order valence-electron chi connectivity index (χ4n) is 3.35. The molecule has 164 valence electrons. The van der Waals surface area contributed by atoms with E-state index in [4.69, 9.17) is 4.74 Å². The van der Waals surface area contributed by atoms with Gasteiger partial charge in [-0.1, -0.05) is 12.8 Å². The van der Waals surface area contributed by atoms with Gasteiger partial charge in [0.1, 0.15) is 23.1 Å². The number of rotatable bonds is 5. The first kappa shape index (κ1) is 22.2. The second-order valence-electron chi connectivity index (χ2n) is 8.37. The van der Waals surface area contributed by atoms with Crippen LogP contribution in [0.3, 0.4) is 0 Å². The lowest BCUT2D eigenvalue weighted by Gasteiger charge is -2.33. The van der Waals surface area contributed by atoms with Crippen LogP contribution in [0.1, 0.15) is 52.0 Å². The van der Waals surface area contributed by atoms with Gasteiger partial charge in [0.05, 0.1) is 30.3 Å². The van der Waals surface area contributed by atoms with Gasteiger partial charge in [-0.25, -0.2) is 14.2 Å². The number of carbonyl (C=O) groups excluding carboxylic acids is 1. The lowest BCUT2D eigenvalue weighted by atomic mass is 9.90. The summed E-state index contributed by atoms with van der Waals surface area (Å²) in [7, 11) is 0. The van der Waals surface area contributed by atoms with E-state index in [2.05, 4.69) is 30.9 Å². The first-order chi connectivity index (χ1) is 14.7. The highest BCUT2D eigenvalue weighted by atomic mass is 19.1. The van der Waals surface area contributed by atoms with Crippen LogP contribution in [0, 0.1) is 17.1 Å². The van der Waals surface area contributed by atoms with Gasteiger partial charge in [-0.2, -0.15) is 10.2 Å². The van der Waals surface area contributed by atoms with Crippen molar-refractivity contribution in [2.24, 2.45) is 0 Å². The summed E-state index contributed by atoms with van der Waals surface area (Å²) in [6.07, 6.45) is 7.06. The van der Waals surface area contributed by atoms with Crippen molar-refractivity contribution < 1.29 is 13.9 Å². The molecule has 31 heavy (non-hydrogen) atoms. The van der Waals surface area contributed by atoms with Crippen LogP contribution in [0.2, 0.25) is 0 Å². The van der Waals surface area contributed by atoms with Gasteiger partial charge in [-0.15, -0.1) is 0 Å². The molecule has 3 N–H and O–H groups in total. The molecule has 2 atom stereocenters. The quantitative estimate of drug-likeness (QED) is 0.657. The Morgan fingerprint density at radius 3 is 2.65 bits per heavy atom. The average Bonchev–Trinajstić information content (AvgIpc) is 2.68. The van der Waals surface area contributed by atoms with Crippen LogP contribution < -0.4 is 16.0 Å². The van der Waals surface area contributed by atoms with Gasteiger partial charge in [0.2, 0.25) is 5.95 Å². The summed E-state index contributed by atoms with van der Waals surface area (Å²) in [6, 6.07) is 3.02. The molecule has 1 saturated carbocycles. The molecule has 0 aromatic carbocycles. The standard InChI is InChI=1S/C21H26FN7O2/c1-21(2,3)31-20(30)28-17-7-5-4-6-16(17)27-19-25-10-13(9-23)18(29-19)26-15-8-14(22)11-24-12-15/h8,10-12,16-17H,4-7H2,1-3H3,(H,28,30)(H2,25,26,27,29)/t16-,17+/m1/s1. The molecule has 2 aromatic heterocycles. The Balaban J connectivity index is 1.74. The number of amides is 1. The molecule has 0 radical (unpaired) electrons. The van der Waals surface area contributed by atoms with Crippen molar-refractivity contribution in [2.45, 2.75) is 64.1 Å². The number of hydrogen-bond acceptors (Lipinski definition) is 8. The summed E-state index contributed by atoms with van der Waals surface area (Å²) < 4.78 is 18.8. The third kappa shape index (κ3) is 6.50. The van der Waals surface area contributed by atoms with E-state index in [1.807, 2.05) is 26.8 Å². The predicted molar refractivity (Wildman–Crippen MR) is 113 cm³/mol. The van der Waals surface area contributed by atoms with Gasteiger partial charge in [-0.3, -0.25) is 4.98 Å². The maximum absolute atomic E-state index is 13.4. The highest BCUT2D eigenvalue weighted by molar-refractivity contribution is 5.68. The maximum Gasteiger partial charge on any atom is 0.407 e. The van der Waals surface area contributed by atoms with Crippen molar-refractivity contribution in [3.8, 4) is 6.07 Å². The van der Waals surface area contributed by atoms with Crippen molar-refractivity contribution in [3.05, 3.63) is 36.0 Å². The second-order valence-corrected chi connectivity index (χ2v) is 8.37. The molecular weight excluding hydrogens is 401 g/mol. The lowest BCUT2D eigenvalue weighted by molar-refractivity contribution is 0.0488. The van der Waals surface area contributed by atoms with Gasteiger partial charge in [0, 0.05) is 12.1 Å². The zero-order valence-corrected chi connectivity index (χ0v) is 17.8. The molecule has 0 spiro atoms. The summed E-state index contributed by atoms with van der Waals surface area (Å²) >= 11 is 0. The first-order valence-corrected chi connectivity index (χ1v) is 10.1. The molecule has 1 amide bonds. The summed E-state index contributed by atoms with van der Waals surface area (Å²) in [5.74, 6) is 0.0304. The largest absolute Gasteiger partial charge is 0.444 e. The zero-order valence-electron chi connectivity index (χ0n) is 17.8. The van der Waals surface area contributed by atoms with Crippen molar-refractivity contribution in [1.82, 2.24) is 20.3 Å². The number of ether oxygens (including phenoxy) is 1. The van der Waals surface area contributed by atoms with E-state index in [9.17, 15) is 14.4 Å². The van der Waals surface area contributed by atoms with Crippen LogP contribution in [-0.2, 0) is 4.74 Å². The predicted octanol–water partition coefficient (Wildman–Crippen LogP) is 3.87. The van der Waals surface area contributed by atoms with E-state index in [1.54, 1.807) is 0 Å². The van der Waals surface area contributed by atoms with Crippen molar-refractivity contribution in [3.63, 3.8) is 0 Å². The van der Waals surface area contributed by atoms with E-state index in [0.29, 0.717) is 11.6 Å². The minimum Gasteiger partial charge on any atom is -0.444 e. The van der Waals surface area contributed by atoms with E-state index in [0.717, 1.165) is 31.9 Å². The molecule has 9 nitrogen and oxygen atoms in total. The number of aromatic nitrogens is 3. The molecule has 2 aromatic rings. The number of nitriles is 1. The Bertz CT molecular complexity index is 971. The minimum atomic E-state index is -0.579. The van der Waals surface area contributed by atoms with Crippen LogP contribution in [0.25, 0.3) is 0 Å². The zero-order chi connectivity index (χ0) is 22.4. The van der Waals surface area contributed by atoms with Gasteiger partial charge in [0.25, 0.3) is 0 Å². The van der Waals surface area contributed by atoms with Gasteiger partial charge >= 0.3 is 6.09 Å². The Hall–Kier alpha value is -3.48. The molecule has 1 fully saturated rings. The molecule has 3 rings (SSSR count). The third-order valence-corrected chi connectivity index (χ3v) is 4.66. The number of nitrogens with one attached hydrogen (secondary N) is 3. The van der Waals surface area contributed by atoms with Crippen LogP contribution in [0.5, 0.6) is 0 Å². The maximum atomic E-state index is 13.4. The van der Waals surface area contributed by atoms with Crippen molar-refractivity contribution in [1.29, 1.82) is 5.26 Å². The molecule has 1 aliphatic rings. The van der Waals surface area contributed by atoms with Crippen LogP contribution in [-0.4, -0.2) is 38.7 Å². The van der Waals surface area contributed by atoms with E-state index < -0.39 is 17.5 Å². The third-order valence-electron chi connectivity index (χ3n) is 4.66. The van der Waals surface area contributed by atoms with Crippen LogP contribution in [0.15, 0.2) is 24.7 Å². The SMILES string of the molecule is CC(C)(C)OC(=O)N[C@H]1CCCC[C@H]1Nc1ncc(C#N)c(Nc2cncc(F)c2)n1. The molecule has 2 heterocycles. The van der Waals surface area contributed by atoms with E-state index in [-0.39, 0.29) is 23.5 Å². The summed E-state index contributed by atoms with van der Waals surface area (Å²) in [5.41, 5.74) is -0.00488. The van der Waals surface area contributed by atoms with Crippen LogP contribution >= 0.6 is 0 Å².